The summed E-state index contributed by atoms with van der Waals surface area (Å²) in [6, 6.07) is 12.2. The molecule has 13 heteroatoms. The summed E-state index contributed by atoms with van der Waals surface area (Å²) in [5, 5.41) is 25.7. The van der Waals surface area contributed by atoms with E-state index < -0.39 is 5.82 Å². The topological polar surface area (TPSA) is 100 Å². The largest absolute Gasteiger partial charge is 0.372 e. The number of benzene rings is 2. The van der Waals surface area contributed by atoms with Gasteiger partial charge in [0.1, 0.15) is 17.9 Å². The predicted molar refractivity (Wildman–Crippen MR) is 164 cm³/mol. The third-order valence-corrected chi connectivity index (χ3v) is 8.96. The average molecular weight is 630 g/mol. The number of thiophene rings is 1. The van der Waals surface area contributed by atoms with Crippen LogP contribution in [0.2, 0.25) is 15.1 Å². The van der Waals surface area contributed by atoms with E-state index in [4.69, 9.17) is 34.8 Å². The smallest absolute Gasteiger partial charge is 0.141 e. The van der Waals surface area contributed by atoms with Crippen molar-refractivity contribution in [1.82, 2.24) is 26.3 Å². The molecule has 4 heterocycles. The van der Waals surface area contributed by atoms with E-state index in [-0.39, 0.29) is 11.1 Å². The lowest BCUT2D eigenvalue weighted by molar-refractivity contribution is 0.162. The van der Waals surface area contributed by atoms with Crippen molar-refractivity contribution in [3.05, 3.63) is 91.2 Å². The standard InChI is InChI=1S/C28H24Cl3FN8S/c29-16-7-25(41-14-16)28(24-13-40(39-38-24)19-3-5-34-6-4-19)37-18-8-20-26(36-17-1-2-23(32)21(30)9-17)15(11-33)12-35-27(20)22(31)10-18/h1-2,7-10,12-14,19,28,34,37-39H,3-6H2,(H,35,36)/t28-/m1/s1. The van der Waals surface area contributed by atoms with Crippen LogP contribution in [0.15, 0.2) is 59.9 Å². The predicted octanol–water partition coefficient (Wildman–Crippen LogP) is 7.08. The number of hydrogen-bond donors (Lipinski definition) is 5. The Morgan fingerprint density at radius 3 is 2.63 bits per heavy atom. The lowest BCUT2D eigenvalue weighted by Gasteiger charge is -2.30. The van der Waals surface area contributed by atoms with Gasteiger partial charge >= 0.3 is 0 Å². The summed E-state index contributed by atoms with van der Waals surface area (Å²) in [6.07, 6.45) is 5.61. The summed E-state index contributed by atoms with van der Waals surface area (Å²) in [5.74, 6) is -0.533. The summed E-state index contributed by atoms with van der Waals surface area (Å²) >= 11 is 20.6. The average Bonchev–Trinajstić information content (AvgIpc) is 3.64. The van der Waals surface area contributed by atoms with Gasteiger partial charge in [0.2, 0.25) is 0 Å². The molecule has 0 amide bonds. The third kappa shape index (κ3) is 5.88. The fraction of sp³-hybridized carbons (Fsp3) is 0.214. The number of halogens is 4. The number of aromatic nitrogens is 1. The van der Waals surface area contributed by atoms with Crippen molar-refractivity contribution >= 4 is 74.1 Å². The number of anilines is 3. The lowest BCUT2D eigenvalue weighted by atomic mass is 10.1. The number of nitriles is 1. The molecule has 4 aromatic rings. The molecule has 1 fully saturated rings. The Morgan fingerprint density at radius 2 is 1.90 bits per heavy atom. The molecule has 0 aliphatic carbocycles. The van der Waals surface area contributed by atoms with E-state index in [0.717, 1.165) is 36.5 Å². The molecule has 0 saturated carbocycles. The Kier molecular flexibility index (Phi) is 8.08. The normalized spacial score (nSPS) is 16.3. The minimum absolute atomic E-state index is 0.0332. The second-order valence-corrected chi connectivity index (χ2v) is 11.9. The van der Waals surface area contributed by atoms with Crippen LogP contribution in [0, 0.1) is 17.1 Å². The van der Waals surface area contributed by atoms with Gasteiger partial charge in [0.15, 0.2) is 0 Å². The first kappa shape index (κ1) is 27.8. The van der Waals surface area contributed by atoms with Crippen LogP contribution in [0.25, 0.3) is 10.9 Å². The molecule has 2 aliphatic heterocycles. The minimum Gasteiger partial charge on any atom is -0.372 e. The molecule has 0 bridgehead atoms. The van der Waals surface area contributed by atoms with Gasteiger partial charge in [0.25, 0.3) is 0 Å². The summed E-state index contributed by atoms with van der Waals surface area (Å²) in [7, 11) is 0. The quantitative estimate of drug-likeness (QED) is 0.148. The number of nitrogens with one attached hydrogen (secondary N) is 5. The van der Waals surface area contributed by atoms with E-state index in [1.54, 1.807) is 23.5 Å². The van der Waals surface area contributed by atoms with Gasteiger partial charge in [0, 0.05) is 45.5 Å². The zero-order chi connectivity index (χ0) is 28.5. The molecule has 6 rings (SSSR count). The van der Waals surface area contributed by atoms with Crippen molar-refractivity contribution in [3.63, 3.8) is 0 Å². The molecule has 5 N–H and O–H groups in total. The van der Waals surface area contributed by atoms with Crippen LogP contribution in [0.4, 0.5) is 21.5 Å². The fourth-order valence-electron chi connectivity index (χ4n) is 5.00. The number of fused-ring (bicyclic) bond motifs is 1. The molecular formula is C28H24Cl3FN8S. The maximum atomic E-state index is 13.8. The minimum atomic E-state index is -0.533. The summed E-state index contributed by atoms with van der Waals surface area (Å²) in [4.78, 5) is 5.44. The maximum absolute atomic E-state index is 13.8. The van der Waals surface area contributed by atoms with E-state index in [2.05, 4.69) is 49.2 Å². The number of hydrogen-bond acceptors (Lipinski definition) is 9. The van der Waals surface area contributed by atoms with E-state index in [1.807, 2.05) is 17.5 Å². The molecule has 8 nitrogen and oxygen atoms in total. The first-order valence-electron chi connectivity index (χ1n) is 12.9. The second-order valence-electron chi connectivity index (χ2n) is 9.72. The molecule has 0 radical (unpaired) electrons. The van der Waals surface area contributed by atoms with Gasteiger partial charge in [-0.05, 0) is 62.3 Å². The Balaban J connectivity index is 1.38. The van der Waals surface area contributed by atoms with Gasteiger partial charge in [-0.15, -0.1) is 16.9 Å². The fourth-order valence-corrected chi connectivity index (χ4v) is 6.60. The molecule has 1 atom stereocenters. The molecule has 1 saturated heterocycles. The summed E-state index contributed by atoms with van der Waals surface area (Å²) in [6.45, 7) is 1.95. The monoisotopic (exact) mass is 628 g/mol. The van der Waals surface area contributed by atoms with Gasteiger partial charge in [-0.1, -0.05) is 34.8 Å². The van der Waals surface area contributed by atoms with Gasteiger partial charge in [-0.2, -0.15) is 5.26 Å². The van der Waals surface area contributed by atoms with E-state index in [0.29, 0.717) is 49.6 Å². The first-order chi connectivity index (χ1) is 19.9. The number of rotatable bonds is 7. The molecule has 2 aromatic heterocycles. The van der Waals surface area contributed by atoms with Gasteiger partial charge in [-0.3, -0.25) is 9.99 Å². The highest BCUT2D eigenvalue weighted by Gasteiger charge is 2.28. The van der Waals surface area contributed by atoms with Crippen LogP contribution in [-0.2, 0) is 0 Å². The van der Waals surface area contributed by atoms with Crippen molar-refractivity contribution in [2.24, 2.45) is 0 Å². The Morgan fingerprint density at radius 1 is 1.10 bits per heavy atom. The van der Waals surface area contributed by atoms with E-state index >= 15 is 0 Å². The Bertz CT molecular complexity index is 1680. The van der Waals surface area contributed by atoms with Crippen LogP contribution >= 0.6 is 46.1 Å². The number of nitrogens with zero attached hydrogens (tertiary/aromatic N) is 3. The summed E-state index contributed by atoms with van der Waals surface area (Å²) < 4.78 is 13.8. The van der Waals surface area contributed by atoms with Gasteiger partial charge in [0.05, 0.1) is 37.5 Å². The number of piperidine rings is 1. The molecule has 2 aromatic carbocycles. The molecule has 0 unspecified atom stereocenters. The highest BCUT2D eigenvalue weighted by atomic mass is 35.5. The Labute approximate surface area is 255 Å². The molecule has 210 valence electrons. The zero-order valence-electron chi connectivity index (χ0n) is 21.4. The van der Waals surface area contributed by atoms with Crippen LogP contribution in [0.3, 0.4) is 0 Å². The molecule has 0 spiro atoms. The lowest BCUT2D eigenvalue weighted by Crippen LogP contribution is -2.47. The molecule has 41 heavy (non-hydrogen) atoms. The van der Waals surface area contributed by atoms with Crippen molar-refractivity contribution in [1.29, 1.82) is 5.26 Å². The van der Waals surface area contributed by atoms with Crippen molar-refractivity contribution in [3.8, 4) is 6.07 Å². The van der Waals surface area contributed by atoms with Crippen LogP contribution in [-0.4, -0.2) is 29.1 Å². The zero-order valence-corrected chi connectivity index (χ0v) is 24.5. The highest BCUT2D eigenvalue weighted by molar-refractivity contribution is 7.10. The SMILES string of the molecule is N#Cc1cnc2c(Cl)cc(N[C@H](C3=CN(C4CCNCC4)NN3)c3cc(Cl)cs3)cc2c1Nc1ccc(F)c(Cl)c1. The summed E-state index contributed by atoms with van der Waals surface area (Å²) in [5.41, 5.74) is 10.1. The number of pyridine rings is 1. The van der Waals surface area contributed by atoms with Crippen LogP contribution < -0.4 is 26.9 Å². The number of hydrazine groups is 2. The van der Waals surface area contributed by atoms with Gasteiger partial charge < -0.3 is 21.4 Å². The van der Waals surface area contributed by atoms with Crippen molar-refractivity contribution in [2.45, 2.75) is 24.9 Å². The maximum Gasteiger partial charge on any atom is 0.141 e. The highest BCUT2D eigenvalue weighted by Crippen LogP contribution is 2.38. The first-order valence-corrected chi connectivity index (χ1v) is 14.9. The van der Waals surface area contributed by atoms with Crippen molar-refractivity contribution in [2.75, 3.05) is 23.7 Å². The molecule has 2 aliphatic rings. The Hall–Kier alpha value is -3.30. The second kappa shape index (κ2) is 11.9. The van der Waals surface area contributed by atoms with E-state index in [9.17, 15) is 9.65 Å². The van der Waals surface area contributed by atoms with Crippen LogP contribution in [0.5, 0.6) is 0 Å². The van der Waals surface area contributed by atoms with Crippen LogP contribution in [0.1, 0.15) is 29.3 Å². The third-order valence-electron chi connectivity index (χ3n) is 7.04. The van der Waals surface area contributed by atoms with E-state index in [1.165, 1.54) is 18.3 Å². The molecular weight excluding hydrogens is 606 g/mol. The van der Waals surface area contributed by atoms with Gasteiger partial charge in [-0.25, -0.2) is 4.39 Å². The van der Waals surface area contributed by atoms with Crippen molar-refractivity contribution < 1.29 is 4.39 Å².